The topological polar surface area (TPSA) is 45.7 Å². The quantitative estimate of drug-likeness (QED) is 0.612. The molecule has 156 valence electrons. The molecule has 1 aromatic heterocycles. The molecule has 0 radical (unpaired) electrons. The Balaban J connectivity index is 1.51. The van der Waals surface area contributed by atoms with Crippen LogP contribution in [0.1, 0.15) is 32.0 Å². The van der Waals surface area contributed by atoms with Crippen LogP contribution in [0.5, 0.6) is 5.75 Å². The molecule has 0 aliphatic carbocycles. The van der Waals surface area contributed by atoms with Crippen molar-refractivity contribution in [2.75, 3.05) is 26.7 Å². The van der Waals surface area contributed by atoms with Crippen LogP contribution in [0.4, 0.5) is 4.39 Å². The van der Waals surface area contributed by atoms with E-state index in [1.807, 2.05) is 30.0 Å². The Morgan fingerprint density at radius 3 is 2.63 bits per heavy atom. The number of rotatable bonds is 5. The lowest BCUT2D eigenvalue weighted by Crippen LogP contribution is -2.49. The summed E-state index contributed by atoms with van der Waals surface area (Å²) in [6.07, 6.45) is 0. The van der Waals surface area contributed by atoms with Crippen LogP contribution in [-0.2, 0) is 6.61 Å². The molecule has 5 nitrogen and oxygen atoms in total. The Labute approximate surface area is 179 Å². The fraction of sp³-hybridized carbons (Fsp3) is 0.304. The molecular weight excluding hydrogens is 401 g/mol. The molecule has 7 heteroatoms. The molecule has 1 fully saturated rings. The second-order valence-electron chi connectivity index (χ2n) is 7.45. The van der Waals surface area contributed by atoms with Crippen molar-refractivity contribution < 1.29 is 13.9 Å². The number of hydrogen-bond acceptors (Lipinski definition) is 5. The molecule has 1 unspecified atom stereocenters. The van der Waals surface area contributed by atoms with E-state index in [2.05, 4.69) is 29.1 Å². The van der Waals surface area contributed by atoms with Gasteiger partial charge in [0.25, 0.3) is 5.91 Å². The summed E-state index contributed by atoms with van der Waals surface area (Å²) in [5, 5.41) is 0.727. The Bertz CT molecular complexity index is 1010. The van der Waals surface area contributed by atoms with Crippen molar-refractivity contribution in [1.29, 1.82) is 0 Å². The summed E-state index contributed by atoms with van der Waals surface area (Å²) in [6.45, 7) is 4.42. The van der Waals surface area contributed by atoms with Gasteiger partial charge in [-0.3, -0.25) is 4.79 Å². The minimum absolute atomic E-state index is 0.0119. The monoisotopic (exact) mass is 425 g/mol. The maximum atomic E-state index is 13.4. The Hall–Kier alpha value is -2.77. The molecule has 0 saturated carbocycles. The first kappa shape index (κ1) is 20.5. The molecule has 2 aromatic carbocycles. The number of carbonyl (C=O) groups excluding carboxylic acids is 1. The minimum Gasteiger partial charge on any atom is -0.486 e. The van der Waals surface area contributed by atoms with Gasteiger partial charge in [0.1, 0.15) is 28.1 Å². The molecule has 1 aliphatic rings. The number of hydrogen-bond donors (Lipinski definition) is 0. The van der Waals surface area contributed by atoms with Crippen LogP contribution in [0.25, 0.3) is 0 Å². The third-order valence-corrected chi connectivity index (χ3v) is 6.36. The number of aromatic nitrogens is 1. The zero-order valence-corrected chi connectivity index (χ0v) is 17.9. The number of likely N-dealkylation sites (N-methyl/N-ethyl adjacent to an activating group) is 1. The molecule has 4 rings (SSSR count). The molecule has 1 amide bonds. The van der Waals surface area contributed by atoms with Gasteiger partial charge in [-0.2, -0.15) is 0 Å². The van der Waals surface area contributed by atoms with Gasteiger partial charge in [0.05, 0.1) is 11.7 Å². The van der Waals surface area contributed by atoms with E-state index in [0.717, 1.165) is 23.7 Å². The highest BCUT2D eigenvalue weighted by Crippen LogP contribution is 2.29. The first-order chi connectivity index (χ1) is 14.5. The average Bonchev–Trinajstić information content (AvgIpc) is 3.14. The molecular formula is C23H24FN3O2S. The van der Waals surface area contributed by atoms with Gasteiger partial charge in [-0.25, -0.2) is 9.37 Å². The summed E-state index contributed by atoms with van der Waals surface area (Å²) >= 11 is 1.37. The van der Waals surface area contributed by atoms with Crippen LogP contribution in [-0.4, -0.2) is 47.4 Å². The van der Waals surface area contributed by atoms with Crippen LogP contribution >= 0.6 is 11.3 Å². The lowest BCUT2D eigenvalue weighted by atomic mass is 10.0. The molecule has 0 bridgehead atoms. The number of benzene rings is 2. The fourth-order valence-corrected chi connectivity index (χ4v) is 4.58. The lowest BCUT2D eigenvalue weighted by Gasteiger charge is -2.40. The predicted octanol–water partition coefficient (Wildman–Crippen LogP) is 4.30. The van der Waals surface area contributed by atoms with E-state index in [9.17, 15) is 9.18 Å². The summed E-state index contributed by atoms with van der Waals surface area (Å²) in [5.41, 5.74) is 1.85. The van der Waals surface area contributed by atoms with Crippen LogP contribution in [0.15, 0.2) is 54.6 Å². The molecule has 3 aromatic rings. The summed E-state index contributed by atoms with van der Waals surface area (Å²) in [7, 11) is 2.08. The van der Waals surface area contributed by atoms with Crippen molar-refractivity contribution in [2.45, 2.75) is 19.6 Å². The standard InChI is InChI=1S/C23H24FN3O2S/c1-16-22(30-21(25-16)15-29-19-10-8-18(24)9-11-19)23(28)27-13-12-26(2)14-20(27)17-6-4-3-5-7-17/h3-11,20H,12-15H2,1-2H3. The zero-order valence-electron chi connectivity index (χ0n) is 17.0. The van der Waals surface area contributed by atoms with Crippen molar-refractivity contribution in [2.24, 2.45) is 0 Å². The number of piperazine rings is 1. The van der Waals surface area contributed by atoms with Gasteiger partial charge < -0.3 is 14.5 Å². The van der Waals surface area contributed by atoms with Crippen molar-refractivity contribution in [1.82, 2.24) is 14.8 Å². The smallest absolute Gasteiger partial charge is 0.266 e. The Kier molecular flexibility index (Phi) is 6.11. The molecule has 0 N–H and O–H groups in total. The van der Waals surface area contributed by atoms with Crippen LogP contribution in [0, 0.1) is 12.7 Å². The largest absolute Gasteiger partial charge is 0.486 e. The second kappa shape index (κ2) is 8.93. The van der Waals surface area contributed by atoms with Crippen LogP contribution in [0.3, 0.4) is 0 Å². The molecule has 1 saturated heterocycles. The molecule has 1 aliphatic heterocycles. The maximum absolute atomic E-state index is 13.4. The van der Waals surface area contributed by atoms with Gasteiger partial charge in [-0.05, 0) is 43.8 Å². The van der Waals surface area contributed by atoms with Gasteiger partial charge in [-0.15, -0.1) is 11.3 Å². The van der Waals surface area contributed by atoms with E-state index in [4.69, 9.17) is 4.74 Å². The Morgan fingerprint density at radius 2 is 1.90 bits per heavy atom. The minimum atomic E-state index is -0.305. The molecule has 0 spiro atoms. The van der Waals surface area contributed by atoms with E-state index >= 15 is 0 Å². The number of nitrogens with zero attached hydrogens (tertiary/aromatic N) is 3. The normalized spacial score (nSPS) is 17.2. The van der Waals surface area contributed by atoms with E-state index in [1.165, 1.54) is 23.5 Å². The third-order valence-electron chi connectivity index (χ3n) is 5.24. The Morgan fingerprint density at radius 1 is 1.17 bits per heavy atom. The maximum Gasteiger partial charge on any atom is 0.266 e. The predicted molar refractivity (Wildman–Crippen MR) is 115 cm³/mol. The summed E-state index contributed by atoms with van der Waals surface area (Å²) in [5.74, 6) is 0.279. The highest BCUT2D eigenvalue weighted by molar-refractivity contribution is 7.13. The zero-order chi connectivity index (χ0) is 21.1. The number of thiazole rings is 1. The van der Waals surface area contributed by atoms with Crippen LogP contribution < -0.4 is 4.74 Å². The number of amides is 1. The summed E-state index contributed by atoms with van der Waals surface area (Å²) in [4.78, 5) is 22.8. The van der Waals surface area contributed by atoms with Crippen molar-refractivity contribution >= 4 is 17.2 Å². The van der Waals surface area contributed by atoms with Crippen LogP contribution in [0.2, 0.25) is 0 Å². The van der Waals surface area contributed by atoms with Crippen molar-refractivity contribution in [3.8, 4) is 5.75 Å². The average molecular weight is 426 g/mol. The SMILES string of the molecule is Cc1nc(COc2ccc(F)cc2)sc1C(=O)N1CCN(C)CC1c1ccccc1. The fourth-order valence-electron chi connectivity index (χ4n) is 3.64. The number of aryl methyl sites for hydroxylation is 1. The first-order valence-corrected chi connectivity index (χ1v) is 10.7. The summed E-state index contributed by atoms with van der Waals surface area (Å²) < 4.78 is 18.7. The highest BCUT2D eigenvalue weighted by atomic mass is 32.1. The van der Waals surface area contributed by atoms with E-state index in [1.54, 1.807) is 12.1 Å². The number of carbonyl (C=O) groups is 1. The van der Waals surface area contributed by atoms with E-state index in [-0.39, 0.29) is 24.4 Å². The van der Waals surface area contributed by atoms with E-state index < -0.39 is 0 Å². The lowest BCUT2D eigenvalue weighted by molar-refractivity contribution is 0.0502. The first-order valence-electron chi connectivity index (χ1n) is 9.90. The third kappa shape index (κ3) is 4.52. The van der Waals surface area contributed by atoms with Crippen molar-refractivity contribution in [3.63, 3.8) is 0 Å². The van der Waals surface area contributed by atoms with Crippen molar-refractivity contribution in [3.05, 3.63) is 81.6 Å². The van der Waals surface area contributed by atoms with Gasteiger partial charge >= 0.3 is 0 Å². The molecule has 30 heavy (non-hydrogen) atoms. The van der Waals surface area contributed by atoms with Gasteiger partial charge in [0.2, 0.25) is 0 Å². The number of halogens is 1. The summed E-state index contributed by atoms with van der Waals surface area (Å²) in [6, 6.07) is 16.0. The second-order valence-corrected chi connectivity index (χ2v) is 8.54. The van der Waals surface area contributed by atoms with Gasteiger partial charge in [0.15, 0.2) is 0 Å². The highest BCUT2D eigenvalue weighted by Gasteiger charge is 2.32. The molecule has 1 atom stereocenters. The van der Waals surface area contributed by atoms with Gasteiger partial charge in [0, 0.05) is 19.6 Å². The van der Waals surface area contributed by atoms with E-state index in [0.29, 0.717) is 22.9 Å². The molecule has 2 heterocycles. The van der Waals surface area contributed by atoms with Gasteiger partial charge in [-0.1, -0.05) is 30.3 Å². The number of ether oxygens (including phenoxy) is 1.